The van der Waals surface area contributed by atoms with E-state index in [1.807, 2.05) is 55.4 Å². The molecule has 198 valence electrons. The van der Waals surface area contributed by atoms with Crippen LogP contribution in [0.4, 0.5) is 5.95 Å². The average Bonchev–Trinajstić information content (AvgIpc) is 3.46. The molecule has 0 saturated carbocycles. The van der Waals surface area contributed by atoms with E-state index in [0.717, 1.165) is 44.7 Å². The van der Waals surface area contributed by atoms with E-state index in [0.29, 0.717) is 6.54 Å². The number of anilines is 1. The quantitative estimate of drug-likeness (QED) is 0.296. The van der Waals surface area contributed by atoms with Gasteiger partial charge in [0.1, 0.15) is 16.5 Å². The second-order valence-corrected chi connectivity index (χ2v) is 11.6. The third kappa shape index (κ3) is 5.80. The van der Waals surface area contributed by atoms with Crippen LogP contribution < -0.4 is 5.01 Å². The summed E-state index contributed by atoms with van der Waals surface area (Å²) in [6, 6.07) is 22.5. The number of pyridine rings is 1. The second-order valence-electron chi connectivity index (χ2n) is 8.98. The maximum Gasteiger partial charge on any atom is 0.294 e. The van der Waals surface area contributed by atoms with Gasteiger partial charge in [0.2, 0.25) is 0 Å². The van der Waals surface area contributed by atoms with E-state index in [-0.39, 0.29) is 4.90 Å². The van der Waals surface area contributed by atoms with Crippen molar-refractivity contribution in [1.82, 2.24) is 19.7 Å². The van der Waals surface area contributed by atoms with Crippen LogP contribution in [0.3, 0.4) is 0 Å². The van der Waals surface area contributed by atoms with Crippen molar-refractivity contribution in [2.24, 2.45) is 5.10 Å². The molecule has 1 aliphatic heterocycles. The van der Waals surface area contributed by atoms with E-state index >= 15 is 0 Å². The molecule has 1 N–H and O–H groups in total. The topological polar surface area (TPSA) is 114 Å². The molecular formula is C28H26N6O3S2. The first-order valence-corrected chi connectivity index (χ1v) is 14.3. The van der Waals surface area contributed by atoms with Crippen LogP contribution in [-0.2, 0) is 16.7 Å². The molecule has 0 aliphatic carbocycles. The summed E-state index contributed by atoms with van der Waals surface area (Å²) in [5, 5.41) is 16.9. The Labute approximate surface area is 230 Å². The molecule has 4 heterocycles. The minimum atomic E-state index is -4.02. The van der Waals surface area contributed by atoms with Crippen molar-refractivity contribution < 1.29 is 13.0 Å². The molecule has 5 aromatic rings. The number of hydrogen-bond acceptors (Lipinski definition) is 8. The fourth-order valence-electron chi connectivity index (χ4n) is 4.10. The van der Waals surface area contributed by atoms with Crippen molar-refractivity contribution in [3.63, 3.8) is 0 Å². The van der Waals surface area contributed by atoms with Gasteiger partial charge in [-0.05, 0) is 50.6 Å². The van der Waals surface area contributed by atoms with Crippen molar-refractivity contribution in [1.29, 1.82) is 0 Å². The van der Waals surface area contributed by atoms with Gasteiger partial charge < -0.3 is 0 Å². The highest BCUT2D eigenvalue weighted by molar-refractivity contribution is 7.85. The standard InChI is InChI=1S/C21H18N6S.C7H8O3S/c1-14-11-18-19(17-8-4-3-5-9-17)25-26(13-16-7-6-10-22-12-16)21-24-23-15(2)27(21)20(18)28-14;1-6-2-4-7(5-3-6)11(8,9)10/h3-12H,13H2,1-2H3;2-5H,1H3,(H,8,9,10). The lowest BCUT2D eigenvalue weighted by Gasteiger charge is -2.17. The molecule has 0 amide bonds. The Morgan fingerprint density at radius 3 is 2.33 bits per heavy atom. The van der Waals surface area contributed by atoms with Gasteiger partial charge in [0.15, 0.2) is 0 Å². The lowest BCUT2D eigenvalue weighted by molar-refractivity contribution is 0.483. The normalized spacial score (nSPS) is 12.5. The van der Waals surface area contributed by atoms with Gasteiger partial charge in [0, 0.05) is 28.4 Å². The van der Waals surface area contributed by atoms with Crippen LogP contribution in [0.15, 0.2) is 95.2 Å². The molecule has 0 saturated heterocycles. The Kier molecular flexibility index (Phi) is 7.38. The fourth-order valence-corrected chi connectivity index (χ4v) is 5.64. The monoisotopic (exact) mass is 558 g/mol. The summed E-state index contributed by atoms with van der Waals surface area (Å²) >= 11 is 1.73. The van der Waals surface area contributed by atoms with E-state index in [4.69, 9.17) is 9.65 Å². The van der Waals surface area contributed by atoms with Crippen LogP contribution in [0, 0.1) is 20.8 Å². The van der Waals surface area contributed by atoms with Gasteiger partial charge in [-0.1, -0.05) is 54.1 Å². The molecule has 0 radical (unpaired) electrons. The largest absolute Gasteiger partial charge is 0.294 e. The summed E-state index contributed by atoms with van der Waals surface area (Å²) in [6.07, 6.45) is 3.63. The Bertz CT molecular complexity index is 1730. The summed E-state index contributed by atoms with van der Waals surface area (Å²) in [5.41, 5.74) is 5.14. The highest BCUT2D eigenvalue weighted by Crippen LogP contribution is 2.35. The van der Waals surface area contributed by atoms with E-state index in [2.05, 4.69) is 44.9 Å². The van der Waals surface area contributed by atoms with Gasteiger partial charge in [-0.25, -0.2) is 5.01 Å². The summed E-state index contributed by atoms with van der Waals surface area (Å²) in [6.45, 7) is 6.50. The summed E-state index contributed by atoms with van der Waals surface area (Å²) in [7, 11) is -4.02. The number of nitrogens with zero attached hydrogens (tertiary/aromatic N) is 6. The lowest BCUT2D eigenvalue weighted by Crippen LogP contribution is -2.20. The predicted octanol–water partition coefficient (Wildman–Crippen LogP) is 5.35. The number of hydrazone groups is 1. The van der Waals surface area contributed by atoms with Gasteiger partial charge >= 0.3 is 0 Å². The number of aryl methyl sites for hydroxylation is 3. The molecule has 0 fully saturated rings. The molecule has 3 aromatic heterocycles. The molecule has 9 nitrogen and oxygen atoms in total. The maximum absolute atomic E-state index is 10.5. The number of thiophene rings is 1. The minimum Gasteiger partial charge on any atom is -0.282 e. The molecule has 6 rings (SSSR count). The number of benzene rings is 2. The molecule has 0 atom stereocenters. The van der Waals surface area contributed by atoms with Crippen molar-refractivity contribution in [2.45, 2.75) is 32.2 Å². The van der Waals surface area contributed by atoms with Gasteiger partial charge in [-0.3, -0.25) is 14.1 Å². The Morgan fingerprint density at radius 2 is 1.67 bits per heavy atom. The Hall–Kier alpha value is -4.19. The van der Waals surface area contributed by atoms with Gasteiger partial charge in [-0.15, -0.1) is 21.5 Å². The third-order valence-electron chi connectivity index (χ3n) is 5.97. The van der Waals surface area contributed by atoms with Crippen LogP contribution in [-0.4, -0.2) is 38.4 Å². The number of hydrogen-bond donors (Lipinski definition) is 1. The lowest BCUT2D eigenvalue weighted by atomic mass is 10.0. The first-order valence-electron chi connectivity index (χ1n) is 12.1. The fraction of sp³-hybridized carbons (Fsp3) is 0.143. The summed E-state index contributed by atoms with van der Waals surface area (Å²) in [4.78, 5) is 5.40. The molecule has 0 spiro atoms. The zero-order valence-corrected chi connectivity index (χ0v) is 23.2. The van der Waals surface area contributed by atoms with E-state index in [1.54, 1.807) is 29.7 Å². The second kappa shape index (κ2) is 10.9. The Balaban J connectivity index is 0.000000237. The average molecular weight is 559 g/mol. The first kappa shape index (κ1) is 26.4. The molecule has 0 unspecified atom stereocenters. The van der Waals surface area contributed by atoms with Crippen LogP contribution in [0.5, 0.6) is 0 Å². The number of fused-ring (bicyclic) bond motifs is 3. The smallest absolute Gasteiger partial charge is 0.282 e. The van der Waals surface area contributed by atoms with E-state index < -0.39 is 10.1 Å². The van der Waals surface area contributed by atoms with Crippen LogP contribution in [0.1, 0.15) is 33.0 Å². The van der Waals surface area contributed by atoms with Crippen LogP contribution in [0.25, 0.3) is 5.00 Å². The van der Waals surface area contributed by atoms with E-state index in [1.165, 1.54) is 17.0 Å². The van der Waals surface area contributed by atoms with Crippen LogP contribution in [0.2, 0.25) is 0 Å². The van der Waals surface area contributed by atoms with Gasteiger partial charge in [0.05, 0.1) is 11.4 Å². The zero-order valence-electron chi connectivity index (χ0n) is 21.6. The molecular weight excluding hydrogens is 532 g/mol. The van der Waals surface area contributed by atoms with E-state index in [9.17, 15) is 8.42 Å². The molecule has 39 heavy (non-hydrogen) atoms. The minimum absolute atomic E-state index is 0.0666. The molecule has 1 aliphatic rings. The highest BCUT2D eigenvalue weighted by Gasteiger charge is 2.28. The molecule has 0 bridgehead atoms. The van der Waals surface area contributed by atoms with Crippen molar-refractivity contribution in [2.75, 3.05) is 5.01 Å². The summed E-state index contributed by atoms with van der Waals surface area (Å²) < 4.78 is 31.7. The third-order valence-corrected chi connectivity index (χ3v) is 7.88. The zero-order chi connectivity index (χ0) is 27.6. The van der Waals surface area contributed by atoms with Crippen LogP contribution >= 0.6 is 11.3 Å². The maximum atomic E-state index is 10.5. The molecule has 11 heteroatoms. The van der Waals surface area contributed by atoms with Gasteiger partial charge in [0.25, 0.3) is 16.1 Å². The number of rotatable bonds is 4. The van der Waals surface area contributed by atoms with Gasteiger partial charge in [-0.2, -0.15) is 13.5 Å². The van der Waals surface area contributed by atoms with Crippen molar-refractivity contribution in [3.05, 3.63) is 118 Å². The van der Waals surface area contributed by atoms with Crippen molar-refractivity contribution in [3.8, 4) is 5.00 Å². The Morgan fingerprint density at radius 1 is 0.923 bits per heavy atom. The SMILES string of the molecule is Cc1cc2c(s1)-n1c(C)nnc1N(Cc1cccnc1)N=C2c1ccccc1.Cc1ccc(S(=O)(=O)O)cc1. The number of aromatic nitrogens is 4. The summed E-state index contributed by atoms with van der Waals surface area (Å²) in [5.74, 6) is 1.56. The molecule has 2 aromatic carbocycles. The highest BCUT2D eigenvalue weighted by atomic mass is 32.2. The predicted molar refractivity (Wildman–Crippen MR) is 152 cm³/mol. The van der Waals surface area contributed by atoms with Crippen molar-refractivity contribution >= 4 is 33.1 Å². The first-order chi connectivity index (χ1) is 18.7.